The zero-order chi connectivity index (χ0) is 25.9. The third-order valence-corrected chi connectivity index (χ3v) is 7.69. The summed E-state index contributed by atoms with van der Waals surface area (Å²) < 4.78 is 5.64. The van der Waals surface area contributed by atoms with Crippen molar-refractivity contribution in [1.29, 1.82) is 0 Å². The summed E-state index contributed by atoms with van der Waals surface area (Å²) in [5.41, 5.74) is 6.98. The third kappa shape index (κ3) is 4.94. The largest absolute Gasteiger partial charge is 0.443 e. The Balaban J connectivity index is 1.15. The van der Waals surface area contributed by atoms with Gasteiger partial charge in [-0.3, -0.25) is 9.59 Å². The van der Waals surface area contributed by atoms with Crippen molar-refractivity contribution >= 4 is 34.2 Å². The van der Waals surface area contributed by atoms with Crippen molar-refractivity contribution < 1.29 is 14.0 Å². The maximum atomic E-state index is 13.1. The monoisotopic (exact) mass is 508 g/mol. The number of hydrogen-bond acceptors (Lipinski definition) is 6. The molecule has 1 aliphatic carbocycles. The van der Waals surface area contributed by atoms with Crippen LogP contribution in [0.1, 0.15) is 58.4 Å². The van der Waals surface area contributed by atoms with Gasteiger partial charge in [-0.2, -0.15) is 0 Å². The number of nitrogens with one attached hydrogen (secondary N) is 2. The van der Waals surface area contributed by atoms with Gasteiger partial charge < -0.3 is 20.0 Å². The van der Waals surface area contributed by atoms with E-state index in [0.717, 1.165) is 41.0 Å². The molecule has 1 aliphatic heterocycles. The average Bonchev–Trinajstić information content (AvgIpc) is 3.49. The second-order valence-electron chi connectivity index (χ2n) is 10.2. The Kier molecular flexibility index (Phi) is 6.92. The van der Waals surface area contributed by atoms with Gasteiger partial charge in [-0.1, -0.05) is 31.0 Å². The molecule has 38 heavy (non-hydrogen) atoms. The fourth-order valence-electron chi connectivity index (χ4n) is 5.70. The Morgan fingerprint density at radius 1 is 0.921 bits per heavy atom. The standard InChI is InChI=1S/C31H32N4O3/c36-28-15-13-24-23(25-6-5-7-27-30(25)38-20-33-27)12-14-26(29(24)28)34-31(37)21-8-10-22(11-9-21)32-16-19-35-17-3-1-2-4-18-35/h5-12,14,20,32H,1-4,13,15-19H2,(H,34,37). The van der Waals surface area contributed by atoms with Gasteiger partial charge in [-0.15, -0.1) is 0 Å². The lowest BCUT2D eigenvalue weighted by Gasteiger charge is -2.20. The minimum absolute atomic E-state index is 0.0471. The summed E-state index contributed by atoms with van der Waals surface area (Å²) in [4.78, 5) is 32.8. The summed E-state index contributed by atoms with van der Waals surface area (Å²) >= 11 is 0. The van der Waals surface area contributed by atoms with E-state index in [4.69, 9.17) is 4.42 Å². The second-order valence-corrected chi connectivity index (χ2v) is 10.2. The zero-order valence-corrected chi connectivity index (χ0v) is 21.5. The van der Waals surface area contributed by atoms with Gasteiger partial charge in [0, 0.05) is 41.9 Å². The number of nitrogens with zero attached hydrogens (tertiary/aromatic N) is 2. The SMILES string of the molecule is O=C(Nc1ccc(-c2cccc3ncoc23)c2c1C(=O)CC2)c1ccc(NCCN2CCCCCC2)cc1. The topological polar surface area (TPSA) is 87.5 Å². The Morgan fingerprint density at radius 2 is 1.74 bits per heavy atom. The van der Waals surface area contributed by atoms with E-state index < -0.39 is 0 Å². The number of carbonyl (C=O) groups is 2. The van der Waals surface area contributed by atoms with Gasteiger partial charge >= 0.3 is 0 Å². The first-order valence-electron chi connectivity index (χ1n) is 13.6. The number of likely N-dealkylation sites (tertiary alicyclic amines) is 1. The fourth-order valence-corrected chi connectivity index (χ4v) is 5.70. The molecular formula is C31H32N4O3. The number of anilines is 2. The third-order valence-electron chi connectivity index (χ3n) is 7.69. The highest BCUT2D eigenvalue weighted by atomic mass is 16.3. The number of ketones is 1. The number of oxazole rings is 1. The lowest BCUT2D eigenvalue weighted by atomic mass is 9.95. The number of carbonyl (C=O) groups excluding carboxylic acids is 2. The van der Waals surface area contributed by atoms with E-state index in [9.17, 15) is 9.59 Å². The smallest absolute Gasteiger partial charge is 0.255 e. The zero-order valence-electron chi connectivity index (χ0n) is 21.5. The highest BCUT2D eigenvalue weighted by Crippen LogP contribution is 2.39. The quantitative estimate of drug-likeness (QED) is 0.311. The second kappa shape index (κ2) is 10.8. The molecule has 7 heteroatoms. The molecule has 2 N–H and O–H groups in total. The number of rotatable bonds is 7. The van der Waals surface area contributed by atoms with Crippen LogP contribution in [-0.4, -0.2) is 47.8 Å². The van der Waals surface area contributed by atoms with Crippen molar-refractivity contribution in [2.45, 2.75) is 38.5 Å². The van der Waals surface area contributed by atoms with Gasteiger partial charge in [-0.05, 0) is 79.9 Å². The molecule has 0 bridgehead atoms. The molecule has 0 unspecified atom stereocenters. The highest BCUT2D eigenvalue weighted by Gasteiger charge is 2.28. The minimum atomic E-state index is -0.229. The summed E-state index contributed by atoms with van der Waals surface area (Å²) in [5.74, 6) is -0.182. The molecule has 2 aliphatic rings. The van der Waals surface area contributed by atoms with Crippen LogP contribution in [0.2, 0.25) is 0 Å². The molecule has 6 rings (SSSR count). The number of amides is 1. The Labute approximate surface area is 222 Å². The summed E-state index contributed by atoms with van der Waals surface area (Å²) in [6.07, 6.45) is 7.76. The molecule has 4 aromatic rings. The first-order valence-corrected chi connectivity index (χ1v) is 13.6. The maximum absolute atomic E-state index is 13.1. The first-order chi connectivity index (χ1) is 18.7. The van der Waals surface area contributed by atoms with Crippen LogP contribution >= 0.6 is 0 Å². The molecule has 1 aromatic heterocycles. The number of para-hydroxylation sites is 1. The number of fused-ring (bicyclic) bond motifs is 2. The van der Waals surface area contributed by atoms with Crippen LogP contribution in [0.5, 0.6) is 0 Å². The molecular weight excluding hydrogens is 476 g/mol. The Hall–Kier alpha value is -3.97. The molecule has 2 heterocycles. The molecule has 0 saturated carbocycles. The van der Waals surface area contributed by atoms with Gasteiger partial charge in [-0.25, -0.2) is 4.98 Å². The number of benzene rings is 3. The van der Waals surface area contributed by atoms with Crippen LogP contribution in [-0.2, 0) is 6.42 Å². The summed E-state index contributed by atoms with van der Waals surface area (Å²) in [7, 11) is 0. The van der Waals surface area contributed by atoms with Crippen LogP contribution in [0.3, 0.4) is 0 Å². The van der Waals surface area contributed by atoms with E-state index in [0.29, 0.717) is 35.2 Å². The summed E-state index contributed by atoms with van der Waals surface area (Å²) in [6.45, 7) is 4.28. The van der Waals surface area contributed by atoms with E-state index in [1.807, 2.05) is 54.6 Å². The molecule has 1 saturated heterocycles. The van der Waals surface area contributed by atoms with Gasteiger partial charge in [0.1, 0.15) is 5.52 Å². The van der Waals surface area contributed by atoms with Gasteiger partial charge in [0.25, 0.3) is 5.91 Å². The summed E-state index contributed by atoms with van der Waals surface area (Å²) in [5, 5.41) is 6.46. The normalized spacial score (nSPS) is 15.8. The predicted octanol–water partition coefficient (Wildman–Crippen LogP) is 6.16. The lowest BCUT2D eigenvalue weighted by molar-refractivity contribution is 0.0995. The highest BCUT2D eigenvalue weighted by molar-refractivity contribution is 6.13. The van der Waals surface area contributed by atoms with Crippen molar-refractivity contribution in [3.05, 3.63) is 77.7 Å². The number of aromatic nitrogens is 1. The van der Waals surface area contributed by atoms with Gasteiger partial charge in [0.2, 0.25) is 0 Å². The molecule has 1 amide bonds. The van der Waals surface area contributed by atoms with Crippen molar-refractivity contribution in [2.75, 3.05) is 36.8 Å². The van der Waals surface area contributed by atoms with Gasteiger partial charge in [0.05, 0.1) is 5.69 Å². The average molecular weight is 509 g/mol. The van der Waals surface area contributed by atoms with E-state index in [2.05, 4.69) is 20.5 Å². The molecule has 1 fully saturated rings. The Morgan fingerprint density at radius 3 is 2.55 bits per heavy atom. The molecule has 3 aromatic carbocycles. The van der Waals surface area contributed by atoms with Gasteiger partial charge in [0.15, 0.2) is 17.8 Å². The first kappa shape index (κ1) is 24.4. The van der Waals surface area contributed by atoms with E-state index in [1.165, 1.54) is 45.2 Å². The van der Waals surface area contributed by atoms with Crippen molar-refractivity contribution in [3.8, 4) is 11.1 Å². The Bertz CT molecular complexity index is 1470. The molecule has 194 valence electrons. The molecule has 0 spiro atoms. The van der Waals surface area contributed by atoms with Crippen molar-refractivity contribution in [1.82, 2.24) is 9.88 Å². The van der Waals surface area contributed by atoms with E-state index in [-0.39, 0.29) is 11.7 Å². The summed E-state index contributed by atoms with van der Waals surface area (Å²) in [6, 6.07) is 17.1. The van der Waals surface area contributed by atoms with Crippen molar-refractivity contribution in [2.24, 2.45) is 0 Å². The molecule has 0 atom stereocenters. The van der Waals surface area contributed by atoms with E-state index in [1.54, 1.807) is 0 Å². The van der Waals surface area contributed by atoms with Crippen LogP contribution < -0.4 is 10.6 Å². The number of Topliss-reactive ketones (excluding diaryl/α,β-unsaturated/α-hetero) is 1. The number of hydrogen-bond donors (Lipinski definition) is 2. The van der Waals surface area contributed by atoms with Crippen molar-refractivity contribution in [3.63, 3.8) is 0 Å². The fraction of sp³-hybridized carbons (Fsp3) is 0.323. The maximum Gasteiger partial charge on any atom is 0.255 e. The molecule has 0 radical (unpaired) electrons. The lowest BCUT2D eigenvalue weighted by Crippen LogP contribution is -2.29. The minimum Gasteiger partial charge on any atom is -0.443 e. The molecule has 7 nitrogen and oxygen atoms in total. The predicted molar refractivity (Wildman–Crippen MR) is 150 cm³/mol. The van der Waals surface area contributed by atoms with Crippen LogP contribution in [0, 0.1) is 0 Å². The van der Waals surface area contributed by atoms with Crippen LogP contribution in [0.25, 0.3) is 22.2 Å². The van der Waals surface area contributed by atoms with Crippen LogP contribution in [0.4, 0.5) is 11.4 Å². The van der Waals surface area contributed by atoms with E-state index >= 15 is 0 Å². The van der Waals surface area contributed by atoms with Crippen LogP contribution in [0.15, 0.2) is 65.4 Å².